The van der Waals surface area contributed by atoms with Crippen LogP contribution in [0.3, 0.4) is 0 Å². The van der Waals surface area contributed by atoms with Crippen LogP contribution < -0.4 is 34.8 Å². The van der Waals surface area contributed by atoms with E-state index in [-0.39, 0.29) is 35.7 Å². The third-order valence-corrected chi connectivity index (χ3v) is 8.16. The molecule has 9 heteroatoms. The van der Waals surface area contributed by atoms with Gasteiger partial charge in [-0.05, 0) is 6.92 Å². The Morgan fingerprint density at radius 3 is 2.00 bits per heavy atom. The Morgan fingerprint density at radius 2 is 1.71 bits per heavy atom. The number of hydrogen-bond donors (Lipinski definition) is 0. The van der Waals surface area contributed by atoms with Crippen molar-refractivity contribution in [3.63, 3.8) is 0 Å². The van der Waals surface area contributed by atoms with Crippen molar-refractivity contribution in [2.24, 2.45) is 0 Å². The van der Waals surface area contributed by atoms with Gasteiger partial charge < -0.3 is 19.5 Å². The van der Waals surface area contributed by atoms with Gasteiger partial charge >= 0.3 is 29.6 Å². The Labute approximate surface area is 120 Å². The van der Waals surface area contributed by atoms with E-state index in [1.807, 2.05) is 0 Å². The second kappa shape index (κ2) is 4.48. The van der Waals surface area contributed by atoms with Crippen LogP contribution in [0.2, 0.25) is 0 Å². The normalized spacial score (nSPS) is 38.5. The number of hydrogen-bond acceptors (Lipinski definition) is 7. The molecule has 0 amide bonds. The molecular formula is C8H13NaO7S. The number of rotatable bonds is 6. The zero-order valence-electron chi connectivity index (χ0n) is 9.70. The molecule has 3 aliphatic rings. The standard InChI is InChI=1S/C8H14O7S.Na/c1-5(6-2-11-6)16(10,15-14-9,7-3-12-7)8-4-13-8;/h5-9H,2-4H2,1H3;/q;+1/p-1. The molecule has 3 rings (SSSR count). The van der Waals surface area contributed by atoms with Crippen LogP contribution in [0.25, 0.3) is 0 Å². The minimum atomic E-state index is -3.89. The first-order valence-corrected chi connectivity index (χ1v) is 7.16. The van der Waals surface area contributed by atoms with Gasteiger partial charge in [-0.3, -0.25) is 5.04 Å². The molecule has 0 spiro atoms. The van der Waals surface area contributed by atoms with E-state index >= 15 is 0 Å². The fourth-order valence-electron chi connectivity index (χ4n) is 2.10. The third-order valence-electron chi connectivity index (χ3n) is 3.43. The van der Waals surface area contributed by atoms with E-state index in [1.165, 1.54) is 0 Å². The van der Waals surface area contributed by atoms with Crippen molar-refractivity contribution < 1.29 is 62.6 Å². The molecule has 0 aromatic rings. The fraction of sp³-hybridized carbons (Fsp3) is 1.00. The van der Waals surface area contributed by atoms with Crippen LogP contribution in [-0.4, -0.2) is 46.3 Å². The summed E-state index contributed by atoms with van der Waals surface area (Å²) >= 11 is 0. The second-order valence-corrected chi connectivity index (χ2v) is 8.33. The van der Waals surface area contributed by atoms with Crippen LogP contribution in [0.4, 0.5) is 0 Å². The van der Waals surface area contributed by atoms with Crippen molar-refractivity contribution in [3.8, 4) is 0 Å². The van der Waals surface area contributed by atoms with Gasteiger partial charge in [-0.15, -0.1) is 4.33 Å². The zero-order chi connectivity index (χ0) is 11.4. The summed E-state index contributed by atoms with van der Waals surface area (Å²) in [6, 6.07) is 0. The molecule has 0 aromatic heterocycles. The molecule has 0 aliphatic carbocycles. The van der Waals surface area contributed by atoms with Crippen LogP contribution in [-0.2, 0) is 32.9 Å². The van der Waals surface area contributed by atoms with E-state index in [2.05, 4.69) is 5.04 Å². The van der Waals surface area contributed by atoms with Crippen LogP contribution >= 0.6 is 0 Å². The van der Waals surface area contributed by atoms with Crippen molar-refractivity contribution in [1.82, 2.24) is 0 Å². The molecule has 4 atom stereocenters. The summed E-state index contributed by atoms with van der Waals surface area (Å²) < 4.78 is 33.2. The average molecular weight is 276 g/mol. The summed E-state index contributed by atoms with van der Waals surface area (Å²) in [7, 11) is -3.89. The Morgan fingerprint density at radius 1 is 1.24 bits per heavy atom. The fourth-order valence-corrected chi connectivity index (χ4v) is 5.80. The molecule has 3 saturated heterocycles. The van der Waals surface area contributed by atoms with E-state index in [9.17, 15) is 9.47 Å². The second-order valence-electron chi connectivity index (χ2n) is 4.29. The molecule has 0 saturated carbocycles. The van der Waals surface area contributed by atoms with E-state index in [4.69, 9.17) is 18.5 Å². The van der Waals surface area contributed by atoms with Gasteiger partial charge in [-0.2, -0.15) is 4.21 Å². The van der Waals surface area contributed by atoms with Gasteiger partial charge in [0.15, 0.2) is 10.9 Å². The first-order chi connectivity index (χ1) is 7.61. The Hall–Kier alpha value is 0.910. The third kappa shape index (κ3) is 2.04. The molecule has 0 aromatic carbocycles. The van der Waals surface area contributed by atoms with E-state index in [0.717, 1.165) is 0 Å². The Balaban J connectivity index is 0.00000108. The Bertz CT molecular complexity index is 347. The number of ether oxygens (including phenoxy) is 3. The Kier molecular flexibility index (Phi) is 3.77. The molecule has 0 radical (unpaired) electrons. The van der Waals surface area contributed by atoms with Crippen LogP contribution in [0.1, 0.15) is 6.92 Å². The predicted octanol–water partition coefficient (Wildman–Crippen LogP) is -4.55. The molecule has 0 N–H and O–H groups in total. The average Bonchev–Trinajstić information content (AvgIpc) is 3.17. The maximum Gasteiger partial charge on any atom is 1.00 e. The largest absolute Gasteiger partial charge is 1.00 e. The predicted molar refractivity (Wildman–Crippen MR) is 49.0 cm³/mol. The molecule has 3 fully saturated rings. The van der Waals surface area contributed by atoms with Gasteiger partial charge in [-0.1, -0.05) is 9.35 Å². The van der Waals surface area contributed by atoms with E-state index in [1.54, 1.807) is 6.92 Å². The summed E-state index contributed by atoms with van der Waals surface area (Å²) in [5.41, 5.74) is -1.23. The molecule has 3 aliphatic heterocycles. The minimum absolute atomic E-state index is 0. The molecule has 0 bridgehead atoms. The van der Waals surface area contributed by atoms with Crippen molar-refractivity contribution in [2.45, 2.75) is 29.1 Å². The summed E-state index contributed by atoms with van der Waals surface area (Å²) in [5.74, 6) is 0. The van der Waals surface area contributed by atoms with Gasteiger partial charge in [0, 0.05) is 0 Å². The molecule has 94 valence electrons. The smallest absolute Gasteiger partial charge is 0.690 e. The van der Waals surface area contributed by atoms with Crippen molar-refractivity contribution in [3.05, 3.63) is 0 Å². The van der Waals surface area contributed by atoms with Crippen LogP contribution in [0.5, 0.6) is 0 Å². The molecule has 4 unspecified atom stereocenters. The quantitative estimate of drug-likeness (QED) is 0.209. The van der Waals surface area contributed by atoms with Crippen molar-refractivity contribution in [2.75, 3.05) is 19.8 Å². The van der Waals surface area contributed by atoms with Crippen molar-refractivity contribution >= 4 is 9.35 Å². The number of epoxide rings is 3. The van der Waals surface area contributed by atoms with Gasteiger partial charge in [0.25, 0.3) is 0 Å². The zero-order valence-corrected chi connectivity index (χ0v) is 12.5. The van der Waals surface area contributed by atoms with Gasteiger partial charge in [0.1, 0.15) is 6.10 Å². The minimum Gasteiger partial charge on any atom is -0.690 e. The van der Waals surface area contributed by atoms with Gasteiger partial charge in [0.2, 0.25) is 0 Å². The molecule has 7 nitrogen and oxygen atoms in total. The topological polar surface area (TPSA) is 96.2 Å². The first kappa shape index (κ1) is 14.3. The first-order valence-electron chi connectivity index (χ1n) is 5.08. The monoisotopic (exact) mass is 276 g/mol. The van der Waals surface area contributed by atoms with E-state index < -0.39 is 25.5 Å². The van der Waals surface area contributed by atoms with Crippen LogP contribution in [0.15, 0.2) is 0 Å². The van der Waals surface area contributed by atoms with E-state index in [0.29, 0.717) is 19.8 Å². The SMILES string of the molecule is CC(C1CO1)S(=O)(OO[O-])(C1CO1)C1CO1.[Na+]. The molecular weight excluding hydrogens is 263 g/mol. The summed E-state index contributed by atoms with van der Waals surface area (Å²) in [4.78, 5) is 0. The van der Waals surface area contributed by atoms with Gasteiger partial charge in [0.05, 0.1) is 25.1 Å². The maximum absolute atomic E-state index is 13.2. The summed E-state index contributed by atoms with van der Waals surface area (Å²) in [5, 5.41) is 13.3. The van der Waals surface area contributed by atoms with Crippen molar-refractivity contribution in [1.29, 1.82) is 0 Å². The van der Waals surface area contributed by atoms with Gasteiger partial charge in [-0.25, -0.2) is 0 Å². The molecule has 3 heterocycles. The van der Waals surface area contributed by atoms with Crippen LogP contribution in [0, 0.1) is 0 Å². The summed E-state index contributed by atoms with van der Waals surface area (Å²) in [6.07, 6.45) is -0.178. The maximum atomic E-state index is 13.2. The molecule has 17 heavy (non-hydrogen) atoms. The summed E-state index contributed by atoms with van der Waals surface area (Å²) in [6.45, 7) is 2.82.